The van der Waals surface area contributed by atoms with Crippen molar-refractivity contribution in [2.24, 2.45) is 0 Å². The number of benzene rings is 9. The average molecular weight is 743 g/mol. The van der Waals surface area contributed by atoms with Crippen LogP contribution in [0.2, 0.25) is 0 Å². The summed E-state index contributed by atoms with van der Waals surface area (Å²) in [5, 5.41) is 8.66. The van der Waals surface area contributed by atoms with E-state index in [1.54, 1.807) is 0 Å². The zero-order valence-corrected chi connectivity index (χ0v) is 30.9. The molecule has 0 unspecified atom stereocenters. The Bertz CT molecular complexity index is 3560. The van der Waals surface area contributed by atoms with Crippen LogP contribution in [-0.4, -0.2) is 19.9 Å². The lowest BCUT2D eigenvalue weighted by molar-refractivity contribution is 0.622. The van der Waals surface area contributed by atoms with Crippen molar-refractivity contribution in [3.05, 3.63) is 182 Å². The van der Waals surface area contributed by atoms with Gasteiger partial charge in [-0.25, -0.2) is 19.9 Å². The predicted octanol–water partition coefficient (Wildman–Crippen LogP) is 13.7. The highest BCUT2D eigenvalue weighted by Crippen LogP contribution is 2.41. The lowest BCUT2D eigenvalue weighted by Gasteiger charge is -2.11. The topological polar surface area (TPSA) is 77.8 Å². The van der Waals surface area contributed by atoms with Crippen LogP contribution >= 0.6 is 0 Å². The zero-order valence-electron chi connectivity index (χ0n) is 30.9. The molecule has 9 aromatic carbocycles. The summed E-state index contributed by atoms with van der Waals surface area (Å²) in [5.41, 5.74) is 8.90. The van der Waals surface area contributed by atoms with Crippen molar-refractivity contribution < 1.29 is 8.83 Å². The molecule has 0 atom stereocenters. The molecule has 12 aromatic rings. The molecule has 0 amide bonds. The monoisotopic (exact) mass is 742 g/mol. The molecule has 0 fully saturated rings. The number of oxazole rings is 1. The third kappa shape index (κ3) is 5.27. The summed E-state index contributed by atoms with van der Waals surface area (Å²) in [6.07, 6.45) is 0. The van der Waals surface area contributed by atoms with Crippen LogP contribution in [0, 0.1) is 0 Å². The first-order valence-electron chi connectivity index (χ1n) is 19.3. The molecule has 0 radical (unpaired) electrons. The van der Waals surface area contributed by atoms with Crippen LogP contribution in [0.25, 0.3) is 122 Å². The summed E-state index contributed by atoms with van der Waals surface area (Å²) in [7, 11) is 0. The molecule has 0 saturated heterocycles. The number of fused-ring (bicyclic) bond motifs is 9. The van der Waals surface area contributed by atoms with Gasteiger partial charge >= 0.3 is 0 Å². The van der Waals surface area contributed by atoms with E-state index in [1.807, 2.05) is 60.7 Å². The second kappa shape index (κ2) is 12.8. The smallest absolute Gasteiger partial charge is 0.227 e. The molecule has 3 heterocycles. The molecule has 3 aromatic heterocycles. The van der Waals surface area contributed by atoms with Gasteiger partial charge < -0.3 is 8.83 Å². The van der Waals surface area contributed by atoms with Crippen LogP contribution < -0.4 is 0 Å². The SMILES string of the molecule is c1ccc(-c2nc(-c3ccc(-c4cccc5ccccc45)cc3)nc(-c3ccc4ccc5oc6ccc7nc(-c8ccc9ccccc9c8)oc7c6c5c4c3)n2)cc1. The van der Waals surface area contributed by atoms with E-state index < -0.39 is 0 Å². The van der Waals surface area contributed by atoms with Gasteiger partial charge in [0.25, 0.3) is 0 Å². The van der Waals surface area contributed by atoms with Gasteiger partial charge in [0.15, 0.2) is 23.1 Å². The number of hydrogen-bond acceptors (Lipinski definition) is 6. The van der Waals surface area contributed by atoms with Gasteiger partial charge in [-0.3, -0.25) is 0 Å². The van der Waals surface area contributed by atoms with Gasteiger partial charge in [0, 0.05) is 27.6 Å². The Labute approximate surface area is 331 Å². The van der Waals surface area contributed by atoms with Crippen LogP contribution in [0.4, 0.5) is 0 Å². The highest BCUT2D eigenvalue weighted by atomic mass is 16.4. The minimum Gasteiger partial charge on any atom is -0.456 e. The van der Waals surface area contributed by atoms with Crippen molar-refractivity contribution in [1.29, 1.82) is 0 Å². The lowest BCUT2D eigenvalue weighted by atomic mass is 9.97. The molecule has 0 spiro atoms. The van der Waals surface area contributed by atoms with Gasteiger partial charge in [-0.1, -0.05) is 146 Å². The normalized spacial score (nSPS) is 11.8. The summed E-state index contributed by atoms with van der Waals surface area (Å²) >= 11 is 0. The molecule has 12 rings (SSSR count). The van der Waals surface area contributed by atoms with Gasteiger partial charge in [0.1, 0.15) is 16.7 Å². The van der Waals surface area contributed by atoms with Crippen LogP contribution in [0.15, 0.2) is 191 Å². The fraction of sp³-hybridized carbons (Fsp3) is 0. The predicted molar refractivity (Wildman–Crippen MR) is 234 cm³/mol. The lowest BCUT2D eigenvalue weighted by Crippen LogP contribution is -2.00. The van der Waals surface area contributed by atoms with E-state index >= 15 is 0 Å². The van der Waals surface area contributed by atoms with Crippen molar-refractivity contribution in [1.82, 2.24) is 19.9 Å². The van der Waals surface area contributed by atoms with Gasteiger partial charge in [-0.15, -0.1) is 0 Å². The maximum absolute atomic E-state index is 6.63. The van der Waals surface area contributed by atoms with Gasteiger partial charge in [-0.2, -0.15) is 0 Å². The van der Waals surface area contributed by atoms with Gasteiger partial charge in [0.05, 0.1) is 5.39 Å². The average Bonchev–Trinajstić information content (AvgIpc) is 3.91. The van der Waals surface area contributed by atoms with Crippen molar-refractivity contribution in [2.75, 3.05) is 0 Å². The molecule has 0 N–H and O–H groups in total. The summed E-state index contributed by atoms with van der Waals surface area (Å²) in [5.74, 6) is 2.36. The summed E-state index contributed by atoms with van der Waals surface area (Å²) < 4.78 is 13.1. The Hall–Kier alpha value is -7.96. The Morgan fingerprint density at radius 1 is 0.328 bits per heavy atom. The molecular weight excluding hydrogens is 713 g/mol. The fourth-order valence-electron chi connectivity index (χ4n) is 8.27. The second-order valence-electron chi connectivity index (χ2n) is 14.6. The van der Waals surface area contributed by atoms with Crippen LogP contribution in [0.5, 0.6) is 0 Å². The van der Waals surface area contributed by atoms with Gasteiger partial charge in [0.2, 0.25) is 5.89 Å². The van der Waals surface area contributed by atoms with E-state index in [-0.39, 0.29) is 0 Å². The highest BCUT2D eigenvalue weighted by Gasteiger charge is 2.20. The fourth-order valence-corrected chi connectivity index (χ4v) is 8.27. The van der Waals surface area contributed by atoms with E-state index in [4.69, 9.17) is 28.8 Å². The van der Waals surface area contributed by atoms with Crippen molar-refractivity contribution in [3.8, 4) is 56.7 Å². The van der Waals surface area contributed by atoms with E-state index in [1.165, 1.54) is 21.7 Å². The summed E-state index contributed by atoms with van der Waals surface area (Å²) in [4.78, 5) is 20.2. The Kier molecular flexibility index (Phi) is 7.13. The quantitative estimate of drug-likeness (QED) is 0.175. The molecule has 6 nitrogen and oxygen atoms in total. The van der Waals surface area contributed by atoms with E-state index in [2.05, 4.69) is 121 Å². The largest absolute Gasteiger partial charge is 0.456 e. The molecule has 58 heavy (non-hydrogen) atoms. The third-order valence-corrected chi connectivity index (χ3v) is 11.1. The molecule has 6 heteroatoms. The van der Waals surface area contributed by atoms with Crippen LogP contribution in [0.1, 0.15) is 0 Å². The van der Waals surface area contributed by atoms with E-state index in [9.17, 15) is 0 Å². The standard InChI is InChI=1S/C52H30N4O2/c1-2-11-35(12-3-1)49-54-50(36-21-18-33(19-22-36)41-16-8-14-32-10-6-7-15-40(32)41)56-51(55-49)38-23-20-34-25-27-44-46(42(34)30-38)47-45(57-44)28-26-43-48(47)58-52(53-43)39-24-17-31-9-4-5-13-37(31)29-39/h1-30H. The number of hydrogen-bond donors (Lipinski definition) is 0. The van der Waals surface area contributed by atoms with Crippen molar-refractivity contribution in [2.45, 2.75) is 0 Å². The minimum absolute atomic E-state index is 0.569. The number of furan rings is 1. The summed E-state index contributed by atoms with van der Waals surface area (Å²) in [6.45, 7) is 0. The first-order chi connectivity index (χ1) is 28.7. The van der Waals surface area contributed by atoms with Crippen molar-refractivity contribution >= 4 is 65.4 Å². The minimum atomic E-state index is 0.569. The molecular formula is C52H30N4O2. The van der Waals surface area contributed by atoms with Crippen LogP contribution in [-0.2, 0) is 0 Å². The third-order valence-electron chi connectivity index (χ3n) is 11.1. The molecule has 270 valence electrons. The maximum Gasteiger partial charge on any atom is 0.227 e. The Morgan fingerprint density at radius 2 is 0.914 bits per heavy atom. The first kappa shape index (κ1) is 32.3. The summed E-state index contributed by atoms with van der Waals surface area (Å²) in [6, 6.07) is 62.5. The maximum atomic E-state index is 6.63. The molecule has 0 bridgehead atoms. The zero-order chi connectivity index (χ0) is 38.2. The molecule has 0 aliphatic heterocycles. The molecule has 0 aliphatic carbocycles. The second-order valence-corrected chi connectivity index (χ2v) is 14.6. The van der Waals surface area contributed by atoms with Crippen LogP contribution in [0.3, 0.4) is 0 Å². The number of aromatic nitrogens is 4. The van der Waals surface area contributed by atoms with E-state index in [0.29, 0.717) is 28.9 Å². The van der Waals surface area contributed by atoms with Crippen molar-refractivity contribution in [3.63, 3.8) is 0 Å². The number of rotatable bonds is 5. The molecule has 0 saturated carbocycles. The Morgan fingerprint density at radius 3 is 1.76 bits per heavy atom. The highest BCUT2D eigenvalue weighted by molar-refractivity contribution is 6.25. The molecule has 0 aliphatic rings. The number of nitrogens with zero attached hydrogens (tertiary/aromatic N) is 4. The van der Waals surface area contributed by atoms with Gasteiger partial charge in [-0.05, 0) is 79.8 Å². The first-order valence-corrected chi connectivity index (χ1v) is 19.3. The van der Waals surface area contributed by atoms with E-state index in [0.717, 1.165) is 71.4 Å². The Balaban J connectivity index is 1.01.